The second kappa shape index (κ2) is 15.8. The van der Waals surface area contributed by atoms with Crippen molar-refractivity contribution in [3.05, 3.63) is 70.8 Å². The van der Waals surface area contributed by atoms with Crippen LogP contribution in [0.15, 0.2) is 48.5 Å². The third kappa shape index (κ3) is 9.96. The van der Waals surface area contributed by atoms with Crippen LogP contribution in [-0.2, 0) is 16.1 Å². The summed E-state index contributed by atoms with van der Waals surface area (Å²) in [5.41, 5.74) is 4.57. The maximum Gasteiger partial charge on any atom is 0.268 e. The Morgan fingerprint density at radius 1 is 1.03 bits per heavy atom. The summed E-state index contributed by atoms with van der Waals surface area (Å²) in [7, 11) is 0. The highest BCUT2D eigenvalue weighted by Crippen LogP contribution is 2.07. The first kappa shape index (κ1) is 30.0. The molecule has 0 aromatic heterocycles. The maximum atomic E-state index is 12.4. The van der Waals surface area contributed by atoms with Gasteiger partial charge in [-0.2, -0.15) is 0 Å². The molecule has 2 amide bonds. The number of ether oxygens (including phenoxy) is 1. The van der Waals surface area contributed by atoms with E-state index < -0.39 is 24.0 Å². The number of morpholine rings is 1. The molecule has 5 N–H and O–H groups in total. The van der Waals surface area contributed by atoms with E-state index in [0.717, 1.165) is 63.5 Å². The largest absolute Gasteiger partial charge is 0.391 e. The SMILES string of the molecule is C.C[C@@H](O)[C@H](NC(=O)c1ccc(C#Cc2ccc(CNCCCN3CCOCC3)cc2)cc1)C(=O)NO. The summed E-state index contributed by atoms with van der Waals surface area (Å²) >= 11 is 0. The predicted molar refractivity (Wildman–Crippen MR) is 142 cm³/mol. The van der Waals surface area contributed by atoms with E-state index in [9.17, 15) is 14.7 Å². The van der Waals surface area contributed by atoms with Crippen molar-refractivity contribution in [1.29, 1.82) is 0 Å². The van der Waals surface area contributed by atoms with Gasteiger partial charge in [-0.1, -0.05) is 31.4 Å². The highest BCUT2D eigenvalue weighted by atomic mass is 16.5. The average molecular weight is 511 g/mol. The molecule has 9 nitrogen and oxygen atoms in total. The molecule has 0 unspecified atom stereocenters. The molecule has 1 aliphatic rings. The minimum Gasteiger partial charge on any atom is -0.391 e. The lowest BCUT2D eigenvalue weighted by atomic mass is 10.1. The van der Waals surface area contributed by atoms with Crippen LogP contribution in [0.2, 0.25) is 0 Å². The quantitative estimate of drug-likeness (QED) is 0.142. The fraction of sp³-hybridized carbons (Fsp3) is 0.429. The number of carbonyl (C=O) groups is 2. The molecule has 0 bridgehead atoms. The van der Waals surface area contributed by atoms with Crippen molar-refractivity contribution in [2.75, 3.05) is 39.4 Å². The molecule has 0 radical (unpaired) electrons. The third-order valence-corrected chi connectivity index (χ3v) is 5.87. The van der Waals surface area contributed by atoms with Crippen LogP contribution in [0, 0.1) is 11.8 Å². The van der Waals surface area contributed by atoms with Gasteiger partial charge < -0.3 is 20.5 Å². The Hall–Kier alpha value is -3.26. The van der Waals surface area contributed by atoms with E-state index in [1.165, 1.54) is 18.0 Å². The molecule has 200 valence electrons. The lowest BCUT2D eigenvalue weighted by Crippen LogP contribution is -2.51. The fourth-order valence-corrected chi connectivity index (χ4v) is 3.74. The Morgan fingerprint density at radius 3 is 2.19 bits per heavy atom. The van der Waals surface area contributed by atoms with E-state index in [0.29, 0.717) is 5.56 Å². The van der Waals surface area contributed by atoms with Gasteiger partial charge in [0.05, 0.1) is 19.3 Å². The number of hydrogen-bond donors (Lipinski definition) is 5. The van der Waals surface area contributed by atoms with Crippen molar-refractivity contribution in [2.45, 2.75) is 39.5 Å². The molecule has 3 rings (SSSR count). The number of aliphatic hydroxyl groups excluding tert-OH is 1. The van der Waals surface area contributed by atoms with Gasteiger partial charge in [0, 0.05) is 36.3 Å². The van der Waals surface area contributed by atoms with Gasteiger partial charge in [-0.25, -0.2) is 5.48 Å². The molecule has 0 spiro atoms. The summed E-state index contributed by atoms with van der Waals surface area (Å²) in [6, 6.07) is 13.4. The second-order valence-electron chi connectivity index (χ2n) is 8.68. The number of rotatable bonds is 10. The van der Waals surface area contributed by atoms with Gasteiger partial charge in [0.2, 0.25) is 0 Å². The lowest BCUT2D eigenvalue weighted by Gasteiger charge is -2.26. The number of nitrogens with zero attached hydrogens (tertiary/aromatic N) is 1. The number of carbonyl (C=O) groups excluding carboxylic acids is 2. The van der Waals surface area contributed by atoms with E-state index in [4.69, 9.17) is 9.94 Å². The molecule has 1 saturated heterocycles. The minimum atomic E-state index is -1.27. The molecular formula is C28H38N4O5. The van der Waals surface area contributed by atoms with Crippen LogP contribution in [0.1, 0.15) is 47.8 Å². The second-order valence-corrected chi connectivity index (χ2v) is 8.68. The normalized spacial score (nSPS) is 14.9. The number of aliphatic hydroxyl groups is 1. The highest BCUT2D eigenvalue weighted by molar-refractivity contribution is 5.97. The van der Waals surface area contributed by atoms with Gasteiger partial charge in [0.1, 0.15) is 6.04 Å². The summed E-state index contributed by atoms with van der Waals surface area (Å²) in [5, 5.41) is 24.3. The van der Waals surface area contributed by atoms with Crippen LogP contribution in [0.4, 0.5) is 0 Å². The standard InChI is InChI=1S/C27H34N4O5.CH4/c1-20(32)25(27(34)30-35)29-26(33)24-11-9-22(10-12-24)4-3-21-5-7-23(8-6-21)19-28-13-2-14-31-15-17-36-18-16-31;/h5-12,20,25,28,32,35H,2,13-19H2,1H3,(H,29,33)(H,30,34);1H4/t20-,25+;/m1./s1. The van der Waals surface area contributed by atoms with Gasteiger partial charge in [0.15, 0.2) is 0 Å². The van der Waals surface area contributed by atoms with E-state index in [1.807, 2.05) is 12.1 Å². The number of amides is 2. The first-order valence-corrected chi connectivity index (χ1v) is 12.1. The number of benzene rings is 2. The first-order valence-electron chi connectivity index (χ1n) is 12.1. The molecule has 2 aromatic rings. The number of hydroxylamine groups is 1. The Bertz CT molecular complexity index is 1040. The summed E-state index contributed by atoms with van der Waals surface area (Å²) in [6.45, 7) is 7.95. The molecule has 0 saturated carbocycles. The zero-order valence-electron chi connectivity index (χ0n) is 20.5. The molecule has 0 aliphatic carbocycles. The topological polar surface area (TPSA) is 123 Å². The van der Waals surface area contributed by atoms with Crippen molar-refractivity contribution in [2.24, 2.45) is 0 Å². The summed E-state index contributed by atoms with van der Waals surface area (Å²) in [5.74, 6) is 4.75. The van der Waals surface area contributed by atoms with Crippen LogP contribution in [0.3, 0.4) is 0 Å². The van der Waals surface area contributed by atoms with E-state index in [2.05, 4.69) is 39.5 Å². The molecule has 37 heavy (non-hydrogen) atoms. The smallest absolute Gasteiger partial charge is 0.268 e. The van der Waals surface area contributed by atoms with Gasteiger partial charge >= 0.3 is 0 Å². The molecule has 1 heterocycles. The van der Waals surface area contributed by atoms with Crippen molar-refractivity contribution in [1.82, 2.24) is 21.0 Å². The average Bonchev–Trinajstić information content (AvgIpc) is 2.91. The van der Waals surface area contributed by atoms with Gasteiger partial charge in [-0.15, -0.1) is 0 Å². The molecule has 2 aromatic carbocycles. The summed E-state index contributed by atoms with van der Waals surface area (Å²) in [4.78, 5) is 26.4. The van der Waals surface area contributed by atoms with Gasteiger partial charge in [-0.3, -0.25) is 19.7 Å². The minimum absolute atomic E-state index is 0. The van der Waals surface area contributed by atoms with Crippen LogP contribution >= 0.6 is 0 Å². The molecule has 2 atom stereocenters. The molecule has 1 fully saturated rings. The predicted octanol–water partition coefficient (Wildman–Crippen LogP) is 1.52. The van der Waals surface area contributed by atoms with Crippen LogP contribution in [0.25, 0.3) is 0 Å². The Morgan fingerprint density at radius 2 is 1.62 bits per heavy atom. The Balaban J connectivity index is 0.00000481. The summed E-state index contributed by atoms with van der Waals surface area (Å²) < 4.78 is 5.37. The van der Waals surface area contributed by atoms with Crippen molar-refractivity contribution in [3.8, 4) is 11.8 Å². The van der Waals surface area contributed by atoms with Crippen LogP contribution in [-0.4, -0.2) is 78.6 Å². The maximum absolute atomic E-state index is 12.4. The molecule has 9 heteroatoms. The van der Waals surface area contributed by atoms with Crippen LogP contribution < -0.4 is 16.1 Å². The lowest BCUT2D eigenvalue weighted by molar-refractivity contribution is -0.133. The van der Waals surface area contributed by atoms with Crippen LogP contribution in [0.5, 0.6) is 0 Å². The number of hydrogen-bond acceptors (Lipinski definition) is 7. The Kier molecular flexibility index (Phi) is 12.8. The molecular weight excluding hydrogens is 472 g/mol. The van der Waals surface area contributed by atoms with E-state index >= 15 is 0 Å². The van der Waals surface area contributed by atoms with E-state index in [1.54, 1.807) is 24.3 Å². The van der Waals surface area contributed by atoms with Crippen molar-refractivity contribution < 1.29 is 24.6 Å². The van der Waals surface area contributed by atoms with E-state index in [-0.39, 0.29) is 7.43 Å². The van der Waals surface area contributed by atoms with Crippen molar-refractivity contribution in [3.63, 3.8) is 0 Å². The molecule has 1 aliphatic heterocycles. The number of nitrogens with one attached hydrogen (secondary N) is 3. The summed E-state index contributed by atoms with van der Waals surface area (Å²) in [6.07, 6.45) is -0.0582. The Labute approximate surface area is 219 Å². The van der Waals surface area contributed by atoms with Gasteiger partial charge in [0.25, 0.3) is 11.8 Å². The zero-order valence-corrected chi connectivity index (χ0v) is 20.5. The fourth-order valence-electron chi connectivity index (χ4n) is 3.74. The van der Waals surface area contributed by atoms with Gasteiger partial charge in [-0.05, 0) is 68.4 Å². The first-order chi connectivity index (χ1) is 17.5. The third-order valence-electron chi connectivity index (χ3n) is 5.87. The monoisotopic (exact) mass is 510 g/mol. The highest BCUT2D eigenvalue weighted by Gasteiger charge is 2.25. The zero-order chi connectivity index (χ0) is 25.8. The van der Waals surface area contributed by atoms with Crippen molar-refractivity contribution >= 4 is 11.8 Å².